The van der Waals surface area contributed by atoms with E-state index < -0.39 is 53.7 Å². The van der Waals surface area contributed by atoms with Gasteiger partial charge in [0, 0.05) is 6.54 Å². The predicted molar refractivity (Wildman–Crippen MR) is 154 cm³/mol. The summed E-state index contributed by atoms with van der Waals surface area (Å²) >= 11 is 1.52. The van der Waals surface area contributed by atoms with E-state index in [9.17, 15) is 24.0 Å². The molecule has 11 nitrogen and oxygen atoms in total. The molecule has 0 radical (unpaired) electrons. The van der Waals surface area contributed by atoms with Crippen LogP contribution >= 0.6 is 24.2 Å². The molecule has 1 aromatic rings. The molecule has 4 atom stereocenters. The number of hydrogen-bond acceptors (Lipinski definition) is 7. The van der Waals surface area contributed by atoms with E-state index in [2.05, 4.69) is 21.3 Å². The van der Waals surface area contributed by atoms with E-state index in [1.807, 2.05) is 36.6 Å². The van der Waals surface area contributed by atoms with Gasteiger partial charge in [-0.2, -0.15) is 11.8 Å². The molecule has 39 heavy (non-hydrogen) atoms. The number of nitrogens with one attached hydrogen (secondary N) is 4. The third-order valence-electron chi connectivity index (χ3n) is 6.24. The van der Waals surface area contributed by atoms with E-state index in [1.165, 1.54) is 16.7 Å². The van der Waals surface area contributed by atoms with Gasteiger partial charge in [0.2, 0.25) is 29.5 Å². The first kappa shape index (κ1) is 34.2. The summed E-state index contributed by atoms with van der Waals surface area (Å²) in [6.45, 7) is 4.47. The van der Waals surface area contributed by atoms with Gasteiger partial charge < -0.3 is 31.9 Å². The first-order valence-corrected chi connectivity index (χ1v) is 14.2. The zero-order chi connectivity index (χ0) is 28.2. The lowest BCUT2D eigenvalue weighted by atomic mass is 10.0. The summed E-state index contributed by atoms with van der Waals surface area (Å²) in [7, 11) is 0. The second-order valence-corrected chi connectivity index (χ2v) is 10.7. The van der Waals surface area contributed by atoms with Crippen molar-refractivity contribution in [2.24, 2.45) is 11.7 Å². The van der Waals surface area contributed by atoms with Crippen LogP contribution in [0.15, 0.2) is 30.3 Å². The van der Waals surface area contributed by atoms with Gasteiger partial charge in [-0.15, -0.1) is 12.4 Å². The van der Waals surface area contributed by atoms with Crippen LogP contribution in [0.2, 0.25) is 0 Å². The van der Waals surface area contributed by atoms with Crippen molar-refractivity contribution in [3.8, 4) is 0 Å². The first-order valence-electron chi connectivity index (χ1n) is 12.8. The van der Waals surface area contributed by atoms with Crippen molar-refractivity contribution in [3.05, 3.63) is 35.9 Å². The Morgan fingerprint density at radius 3 is 2.28 bits per heavy atom. The highest BCUT2D eigenvalue weighted by Gasteiger charge is 2.32. The second-order valence-electron chi connectivity index (χ2n) is 9.74. The molecule has 1 aliphatic rings. The van der Waals surface area contributed by atoms with Crippen LogP contribution in [0.25, 0.3) is 0 Å². The third kappa shape index (κ3) is 11.1. The van der Waals surface area contributed by atoms with Crippen molar-refractivity contribution >= 4 is 53.7 Å². The Hall–Kier alpha value is -2.83. The molecule has 218 valence electrons. The Labute approximate surface area is 240 Å². The van der Waals surface area contributed by atoms with Crippen LogP contribution < -0.4 is 27.0 Å². The van der Waals surface area contributed by atoms with E-state index in [4.69, 9.17) is 5.73 Å². The van der Waals surface area contributed by atoms with E-state index in [1.54, 1.807) is 20.8 Å². The molecule has 13 heteroatoms. The van der Waals surface area contributed by atoms with E-state index in [0.717, 1.165) is 5.56 Å². The highest BCUT2D eigenvalue weighted by atomic mass is 35.5. The zero-order valence-electron chi connectivity index (χ0n) is 22.9. The van der Waals surface area contributed by atoms with Gasteiger partial charge in [-0.1, -0.05) is 44.2 Å². The number of amides is 5. The summed E-state index contributed by atoms with van der Waals surface area (Å²) in [4.78, 5) is 66.3. The molecule has 1 aromatic carbocycles. The molecule has 1 aliphatic heterocycles. The van der Waals surface area contributed by atoms with Gasteiger partial charge >= 0.3 is 0 Å². The fourth-order valence-electron chi connectivity index (χ4n) is 4.11. The number of nitrogens with zero attached hydrogens (tertiary/aromatic N) is 1. The normalized spacial score (nSPS) is 23.4. The molecule has 0 aliphatic carbocycles. The lowest BCUT2D eigenvalue weighted by Crippen LogP contribution is -2.57. The van der Waals surface area contributed by atoms with Gasteiger partial charge in [0.25, 0.3) is 0 Å². The van der Waals surface area contributed by atoms with Gasteiger partial charge in [-0.3, -0.25) is 24.0 Å². The van der Waals surface area contributed by atoms with E-state index in [-0.39, 0.29) is 38.0 Å². The molecule has 6 N–H and O–H groups in total. The first-order chi connectivity index (χ1) is 18.0. The molecule has 0 saturated carbocycles. The molecule has 1 heterocycles. The highest BCUT2D eigenvalue weighted by molar-refractivity contribution is 7.98. The number of carbonyl (C=O) groups excluding carboxylic acids is 5. The SMILES string of the molecule is CSCC[C@@H]1NC(=O)[C@H](C(C)C)NC(=O)CN(C(=O)CN)C[C@@H](Cc2ccccc2)NC(=O)[C@H](C)NC1=O.Cl. The van der Waals surface area contributed by atoms with Gasteiger partial charge in [0.05, 0.1) is 19.1 Å². The molecule has 0 spiro atoms. The summed E-state index contributed by atoms with van der Waals surface area (Å²) < 4.78 is 0. The Morgan fingerprint density at radius 2 is 1.69 bits per heavy atom. The zero-order valence-corrected chi connectivity index (χ0v) is 24.5. The van der Waals surface area contributed by atoms with Gasteiger partial charge in [-0.25, -0.2) is 0 Å². The van der Waals surface area contributed by atoms with Crippen molar-refractivity contribution in [2.45, 2.75) is 57.8 Å². The minimum absolute atomic E-state index is 0. The van der Waals surface area contributed by atoms with Crippen molar-refractivity contribution in [3.63, 3.8) is 0 Å². The van der Waals surface area contributed by atoms with E-state index >= 15 is 0 Å². The van der Waals surface area contributed by atoms with Crippen molar-refractivity contribution in [1.29, 1.82) is 0 Å². The summed E-state index contributed by atoms with van der Waals surface area (Å²) in [6.07, 6.45) is 2.62. The minimum atomic E-state index is -0.927. The van der Waals surface area contributed by atoms with Crippen LogP contribution in [0.1, 0.15) is 32.8 Å². The lowest BCUT2D eigenvalue weighted by Gasteiger charge is -2.29. The van der Waals surface area contributed by atoms with Crippen LogP contribution in [0.4, 0.5) is 0 Å². The maximum absolute atomic E-state index is 13.1. The fourth-order valence-corrected chi connectivity index (χ4v) is 4.58. The van der Waals surface area contributed by atoms with Crippen LogP contribution in [-0.4, -0.2) is 90.2 Å². The molecular formula is C26H41ClN6O5S. The van der Waals surface area contributed by atoms with E-state index in [0.29, 0.717) is 18.6 Å². The maximum atomic E-state index is 13.1. The van der Waals surface area contributed by atoms with Gasteiger partial charge in [0.1, 0.15) is 18.1 Å². The van der Waals surface area contributed by atoms with Crippen LogP contribution in [0, 0.1) is 5.92 Å². The fraction of sp³-hybridized carbons (Fsp3) is 0.577. The van der Waals surface area contributed by atoms with Crippen LogP contribution in [0.5, 0.6) is 0 Å². The molecular weight excluding hydrogens is 544 g/mol. The van der Waals surface area contributed by atoms with Crippen molar-refractivity contribution < 1.29 is 24.0 Å². The van der Waals surface area contributed by atoms with Crippen molar-refractivity contribution in [2.75, 3.05) is 31.6 Å². The molecule has 1 fully saturated rings. The number of thioether (sulfide) groups is 1. The molecule has 0 aromatic heterocycles. The maximum Gasteiger partial charge on any atom is 0.243 e. The predicted octanol–water partition coefficient (Wildman–Crippen LogP) is -0.180. The number of benzene rings is 1. The third-order valence-corrected chi connectivity index (χ3v) is 6.88. The highest BCUT2D eigenvalue weighted by Crippen LogP contribution is 2.09. The number of nitrogens with two attached hydrogens (primary N) is 1. The van der Waals surface area contributed by atoms with Crippen molar-refractivity contribution in [1.82, 2.24) is 26.2 Å². The molecule has 1 saturated heterocycles. The molecule has 2 rings (SSSR count). The lowest BCUT2D eigenvalue weighted by molar-refractivity contribution is -0.137. The number of halogens is 1. The topological polar surface area (TPSA) is 163 Å². The average molecular weight is 585 g/mol. The monoisotopic (exact) mass is 584 g/mol. The largest absolute Gasteiger partial charge is 0.349 e. The van der Waals surface area contributed by atoms with Gasteiger partial charge in [0.15, 0.2) is 0 Å². The number of carbonyl (C=O) groups is 5. The Kier molecular flexibility index (Phi) is 14.9. The molecule has 0 bridgehead atoms. The number of hydrogen-bond donors (Lipinski definition) is 5. The summed E-state index contributed by atoms with van der Waals surface area (Å²) in [6, 6.07) is 6.13. The average Bonchev–Trinajstić information content (AvgIpc) is 2.88. The summed E-state index contributed by atoms with van der Waals surface area (Å²) in [5, 5.41) is 11.1. The molecule has 5 amide bonds. The Balaban J connectivity index is 0.00000760. The Bertz CT molecular complexity index is 983. The molecule has 0 unspecified atom stereocenters. The second kappa shape index (κ2) is 17.0. The van der Waals surface area contributed by atoms with Crippen LogP contribution in [-0.2, 0) is 30.4 Å². The number of rotatable bonds is 7. The minimum Gasteiger partial charge on any atom is -0.349 e. The standard InChI is InChI=1S/C26H40N6O5S.ClH/c1-16(2)23-26(37)30-20(10-11-38-4)25(36)28-17(3)24(35)29-19(12-18-8-6-5-7-9-18)14-32(22(34)13-27)15-21(33)31-23;/h5-9,16-17,19-20,23H,10-15,27H2,1-4H3,(H,28,36)(H,29,35)(H,30,37)(H,31,33);1H/t17-,19+,20-,23-;/m0./s1. The summed E-state index contributed by atoms with van der Waals surface area (Å²) in [5.41, 5.74) is 6.54. The Morgan fingerprint density at radius 1 is 1.03 bits per heavy atom. The van der Waals surface area contributed by atoms with Gasteiger partial charge in [-0.05, 0) is 43.3 Å². The quantitative estimate of drug-likeness (QED) is 0.297. The summed E-state index contributed by atoms with van der Waals surface area (Å²) in [5.74, 6) is -2.15. The smallest absolute Gasteiger partial charge is 0.243 e. The van der Waals surface area contributed by atoms with Crippen LogP contribution in [0.3, 0.4) is 0 Å².